The second-order valence-electron chi connectivity index (χ2n) is 2.89. The number of rotatable bonds is 2. The van der Waals surface area contributed by atoms with E-state index in [9.17, 15) is 0 Å². The summed E-state index contributed by atoms with van der Waals surface area (Å²) in [6, 6.07) is 17.5. The molecule has 3 heteroatoms. The number of benzene rings is 1. The van der Waals surface area contributed by atoms with Gasteiger partial charge < -0.3 is 0 Å². The van der Waals surface area contributed by atoms with Crippen LogP contribution in [0.2, 0.25) is 0 Å². The zero-order valence-corrected chi connectivity index (χ0v) is 8.74. The third-order valence-corrected chi connectivity index (χ3v) is 2.75. The van der Waals surface area contributed by atoms with Crippen molar-refractivity contribution in [2.45, 2.75) is 9.92 Å². The van der Waals surface area contributed by atoms with Gasteiger partial charge in [0, 0.05) is 4.90 Å². The van der Waals surface area contributed by atoms with Crippen LogP contribution in [-0.4, -0.2) is 4.98 Å². The fourth-order valence-corrected chi connectivity index (χ4v) is 1.97. The van der Waals surface area contributed by atoms with Crippen LogP contribution >= 0.6 is 11.8 Å². The molecule has 0 saturated carbocycles. The summed E-state index contributed by atoms with van der Waals surface area (Å²) < 4.78 is 0. The molecule has 0 saturated heterocycles. The number of pyridine rings is 1. The van der Waals surface area contributed by atoms with E-state index in [4.69, 9.17) is 5.26 Å². The zero-order valence-electron chi connectivity index (χ0n) is 7.92. The highest BCUT2D eigenvalue weighted by atomic mass is 32.2. The predicted molar refractivity (Wildman–Crippen MR) is 59.5 cm³/mol. The second kappa shape index (κ2) is 4.63. The van der Waals surface area contributed by atoms with Crippen LogP contribution < -0.4 is 0 Å². The monoisotopic (exact) mass is 212 g/mol. The van der Waals surface area contributed by atoms with Gasteiger partial charge in [-0.1, -0.05) is 36.0 Å². The molecule has 72 valence electrons. The number of nitrogens with zero attached hydrogens (tertiary/aromatic N) is 2. The largest absolute Gasteiger partial charge is 0.230 e. The number of hydrogen-bond acceptors (Lipinski definition) is 3. The summed E-state index contributed by atoms with van der Waals surface area (Å²) >= 11 is 1.55. The first-order valence-corrected chi connectivity index (χ1v) is 5.30. The maximum absolute atomic E-state index is 8.71. The molecule has 0 unspecified atom stereocenters. The lowest BCUT2D eigenvalue weighted by atomic mass is 10.4. The minimum Gasteiger partial charge on any atom is -0.230 e. The Hall–Kier alpha value is -1.79. The SMILES string of the molecule is N#Cc1cccc(Sc2ccccc2)n1. The van der Waals surface area contributed by atoms with Gasteiger partial charge in [-0.25, -0.2) is 4.98 Å². The molecule has 0 amide bonds. The molecular formula is C12H8N2S. The lowest BCUT2D eigenvalue weighted by molar-refractivity contribution is 1.10. The molecule has 0 bridgehead atoms. The summed E-state index contributed by atoms with van der Waals surface area (Å²) in [6.45, 7) is 0. The lowest BCUT2D eigenvalue weighted by Crippen LogP contribution is -1.83. The molecule has 0 atom stereocenters. The maximum atomic E-state index is 8.71. The molecule has 0 N–H and O–H groups in total. The summed E-state index contributed by atoms with van der Waals surface area (Å²) in [7, 11) is 0. The Balaban J connectivity index is 2.22. The van der Waals surface area contributed by atoms with E-state index in [1.807, 2.05) is 48.5 Å². The molecule has 1 aromatic carbocycles. The van der Waals surface area contributed by atoms with Crippen LogP contribution in [0.5, 0.6) is 0 Å². The molecular weight excluding hydrogens is 204 g/mol. The Kier molecular flexibility index (Phi) is 3.01. The Morgan fingerprint density at radius 2 is 1.80 bits per heavy atom. The number of aromatic nitrogens is 1. The molecule has 0 aliphatic heterocycles. The number of nitriles is 1. The van der Waals surface area contributed by atoms with Gasteiger partial charge >= 0.3 is 0 Å². The normalized spacial score (nSPS) is 9.53. The van der Waals surface area contributed by atoms with Crippen molar-refractivity contribution in [1.82, 2.24) is 4.98 Å². The van der Waals surface area contributed by atoms with Crippen LogP contribution in [0.15, 0.2) is 58.5 Å². The van der Waals surface area contributed by atoms with Crippen molar-refractivity contribution < 1.29 is 0 Å². The number of hydrogen-bond donors (Lipinski definition) is 0. The standard InChI is InChI=1S/C12H8N2S/c13-9-10-5-4-8-12(14-10)15-11-6-2-1-3-7-11/h1-8H. The molecule has 0 spiro atoms. The summed E-state index contributed by atoms with van der Waals surface area (Å²) in [5.41, 5.74) is 0.455. The first kappa shape index (κ1) is 9.75. The Morgan fingerprint density at radius 3 is 2.53 bits per heavy atom. The van der Waals surface area contributed by atoms with Gasteiger partial charge in [0.15, 0.2) is 0 Å². The zero-order chi connectivity index (χ0) is 10.5. The van der Waals surface area contributed by atoms with Gasteiger partial charge in [-0.15, -0.1) is 0 Å². The topological polar surface area (TPSA) is 36.7 Å². The molecule has 0 aliphatic rings. The van der Waals surface area contributed by atoms with E-state index in [1.54, 1.807) is 17.8 Å². The minimum absolute atomic E-state index is 0.455. The van der Waals surface area contributed by atoms with E-state index in [-0.39, 0.29) is 0 Å². The van der Waals surface area contributed by atoms with E-state index in [0.717, 1.165) is 9.92 Å². The maximum Gasteiger partial charge on any atom is 0.141 e. The molecule has 2 aromatic rings. The molecule has 1 aromatic heterocycles. The highest BCUT2D eigenvalue weighted by Crippen LogP contribution is 2.25. The van der Waals surface area contributed by atoms with Crippen molar-refractivity contribution in [1.29, 1.82) is 5.26 Å². The average molecular weight is 212 g/mol. The third-order valence-electron chi connectivity index (χ3n) is 1.80. The van der Waals surface area contributed by atoms with Crippen molar-refractivity contribution in [3.63, 3.8) is 0 Å². The van der Waals surface area contributed by atoms with Crippen LogP contribution in [0.1, 0.15) is 5.69 Å². The van der Waals surface area contributed by atoms with Crippen LogP contribution in [0.4, 0.5) is 0 Å². The quantitative estimate of drug-likeness (QED) is 0.767. The van der Waals surface area contributed by atoms with E-state index in [0.29, 0.717) is 5.69 Å². The Labute approximate surface area is 92.6 Å². The summed E-state index contributed by atoms with van der Waals surface area (Å²) in [6.07, 6.45) is 0. The molecule has 2 nitrogen and oxygen atoms in total. The van der Waals surface area contributed by atoms with Crippen molar-refractivity contribution in [3.8, 4) is 6.07 Å². The lowest BCUT2D eigenvalue weighted by Gasteiger charge is -1.99. The summed E-state index contributed by atoms with van der Waals surface area (Å²) in [4.78, 5) is 5.31. The van der Waals surface area contributed by atoms with Crippen molar-refractivity contribution in [2.24, 2.45) is 0 Å². The highest BCUT2D eigenvalue weighted by Gasteiger charge is 1.98. The van der Waals surface area contributed by atoms with Crippen LogP contribution in [0, 0.1) is 11.3 Å². The van der Waals surface area contributed by atoms with E-state index in [2.05, 4.69) is 4.98 Å². The molecule has 1 heterocycles. The van der Waals surface area contributed by atoms with Crippen LogP contribution in [-0.2, 0) is 0 Å². The van der Waals surface area contributed by atoms with Crippen LogP contribution in [0.3, 0.4) is 0 Å². The summed E-state index contributed by atoms with van der Waals surface area (Å²) in [5.74, 6) is 0. The van der Waals surface area contributed by atoms with Crippen LogP contribution in [0.25, 0.3) is 0 Å². The highest BCUT2D eigenvalue weighted by molar-refractivity contribution is 7.99. The molecule has 0 radical (unpaired) electrons. The van der Waals surface area contributed by atoms with E-state index < -0.39 is 0 Å². The third kappa shape index (κ3) is 2.58. The molecule has 15 heavy (non-hydrogen) atoms. The molecule has 0 aliphatic carbocycles. The van der Waals surface area contributed by atoms with E-state index >= 15 is 0 Å². The fraction of sp³-hybridized carbons (Fsp3) is 0. The average Bonchev–Trinajstić information content (AvgIpc) is 2.31. The van der Waals surface area contributed by atoms with Crippen molar-refractivity contribution in [2.75, 3.05) is 0 Å². The van der Waals surface area contributed by atoms with Gasteiger partial charge in [-0.05, 0) is 24.3 Å². The Morgan fingerprint density at radius 1 is 1.00 bits per heavy atom. The molecule has 2 rings (SSSR count). The van der Waals surface area contributed by atoms with Gasteiger partial charge in [-0.2, -0.15) is 5.26 Å². The van der Waals surface area contributed by atoms with Gasteiger partial charge in [-0.3, -0.25) is 0 Å². The predicted octanol–water partition coefficient (Wildman–Crippen LogP) is 3.10. The van der Waals surface area contributed by atoms with Gasteiger partial charge in [0.2, 0.25) is 0 Å². The van der Waals surface area contributed by atoms with Gasteiger partial charge in [0.25, 0.3) is 0 Å². The van der Waals surface area contributed by atoms with Crippen molar-refractivity contribution >= 4 is 11.8 Å². The van der Waals surface area contributed by atoms with Gasteiger partial charge in [0.05, 0.1) is 0 Å². The minimum atomic E-state index is 0.455. The summed E-state index contributed by atoms with van der Waals surface area (Å²) in [5, 5.41) is 9.55. The van der Waals surface area contributed by atoms with Crippen molar-refractivity contribution in [3.05, 3.63) is 54.2 Å². The Bertz CT molecular complexity index is 488. The van der Waals surface area contributed by atoms with E-state index in [1.165, 1.54) is 0 Å². The fourth-order valence-electron chi connectivity index (χ4n) is 1.14. The first-order chi connectivity index (χ1) is 7.38. The van der Waals surface area contributed by atoms with Gasteiger partial charge in [0.1, 0.15) is 16.8 Å². The smallest absolute Gasteiger partial charge is 0.141 e. The second-order valence-corrected chi connectivity index (χ2v) is 3.98. The molecule has 0 fully saturated rings. The first-order valence-electron chi connectivity index (χ1n) is 4.48.